The van der Waals surface area contributed by atoms with E-state index in [9.17, 15) is 15.0 Å². The van der Waals surface area contributed by atoms with Gasteiger partial charge in [-0.2, -0.15) is 5.10 Å². The molecule has 0 fully saturated rings. The molecule has 0 radical (unpaired) electrons. The first-order chi connectivity index (χ1) is 11.5. The number of carboxylic acid groups (broad SMARTS) is 1. The fourth-order valence-corrected chi connectivity index (χ4v) is 2.23. The number of phenolic OH excluding ortho intramolecular Hbond substituents is 2. The summed E-state index contributed by atoms with van der Waals surface area (Å²) in [5.74, 6) is -0.373. The van der Waals surface area contributed by atoms with Crippen molar-refractivity contribution in [2.45, 2.75) is 6.92 Å². The van der Waals surface area contributed by atoms with Crippen molar-refractivity contribution < 1.29 is 24.9 Å². The van der Waals surface area contributed by atoms with Crippen LogP contribution in [0.25, 0.3) is 11.3 Å². The number of aromatic amines is 1. The molecular weight excluding hydrogens is 312 g/mol. The van der Waals surface area contributed by atoms with E-state index in [2.05, 4.69) is 10.2 Å². The SMILES string of the molecule is Cc1[nH]nc(-c2ccc(O)cc2O)c1Oc1ccc(C(=O)O)cc1. The number of nitrogens with zero attached hydrogens (tertiary/aromatic N) is 1. The van der Waals surface area contributed by atoms with E-state index in [1.54, 1.807) is 6.92 Å². The predicted molar refractivity (Wildman–Crippen MR) is 85.6 cm³/mol. The van der Waals surface area contributed by atoms with Gasteiger partial charge in [-0.25, -0.2) is 4.79 Å². The molecule has 1 heterocycles. The Morgan fingerprint density at radius 1 is 1.12 bits per heavy atom. The van der Waals surface area contributed by atoms with Crippen LogP contribution in [0.5, 0.6) is 23.0 Å². The largest absolute Gasteiger partial charge is 0.508 e. The molecule has 0 unspecified atom stereocenters. The summed E-state index contributed by atoms with van der Waals surface area (Å²) in [6.45, 7) is 1.76. The summed E-state index contributed by atoms with van der Waals surface area (Å²) in [6.07, 6.45) is 0. The van der Waals surface area contributed by atoms with Gasteiger partial charge in [0.05, 0.1) is 11.3 Å². The minimum Gasteiger partial charge on any atom is -0.508 e. The molecule has 3 aromatic rings. The van der Waals surface area contributed by atoms with Crippen LogP contribution in [0.15, 0.2) is 42.5 Å². The Labute approximate surface area is 136 Å². The lowest BCUT2D eigenvalue weighted by Crippen LogP contribution is -1.95. The standard InChI is InChI=1S/C17H14N2O5/c1-9-16(24-12-5-2-10(3-6-12)17(22)23)15(19-18-9)13-7-4-11(20)8-14(13)21/h2-8,20-21H,1H3,(H,18,19)(H,22,23). The van der Waals surface area contributed by atoms with E-state index >= 15 is 0 Å². The molecule has 0 saturated heterocycles. The lowest BCUT2D eigenvalue weighted by molar-refractivity contribution is 0.0697. The molecule has 7 heteroatoms. The van der Waals surface area contributed by atoms with Gasteiger partial charge in [-0.05, 0) is 43.3 Å². The highest BCUT2D eigenvalue weighted by Gasteiger charge is 2.18. The van der Waals surface area contributed by atoms with Gasteiger partial charge in [0.1, 0.15) is 22.9 Å². The maximum absolute atomic E-state index is 10.9. The molecular formula is C17H14N2O5. The topological polar surface area (TPSA) is 116 Å². The predicted octanol–water partition coefficient (Wildman–Crippen LogP) is 3.29. The minimum absolute atomic E-state index is 0.0600. The summed E-state index contributed by atoms with van der Waals surface area (Å²) in [5.41, 5.74) is 1.57. The van der Waals surface area contributed by atoms with E-state index in [1.807, 2.05) is 0 Å². The lowest BCUT2D eigenvalue weighted by atomic mass is 10.1. The maximum atomic E-state index is 10.9. The van der Waals surface area contributed by atoms with E-state index in [-0.39, 0.29) is 17.1 Å². The molecule has 122 valence electrons. The Bertz CT molecular complexity index is 900. The summed E-state index contributed by atoms with van der Waals surface area (Å²) in [5, 5.41) is 35.2. The third kappa shape index (κ3) is 2.87. The van der Waals surface area contributed by atoms with E-state index in [1.165, 1.54) is 42.5 Å². The third-order valence-corrected chi connectivity index (χ3v) is 3.45. The number of hydrogen-bond donors (Lipinski definition) is 4. The molecule has 4 N–H and O–H groups in total. The summed E-state index contributed by atoms with van der Waals surface area (Å²) >= 11 is 0. The van der Waals surface area contributed by atoms with Crippen molar-refractivity contribution in [3.8, 4) is 34.3 Å². The number of ether oxygens (including phenoxy) is 1. The molecule has 7 nitrogen and oxygen atoms in total. The number of aromatic nitrogens is 2. The molecule has 3 rings (SSSR count). The molecule has 0 saturated carbocycles. The average Bonchev–Trinajstić information content (AvgIpc) is 2.89. The fourth-order valence-electron chi connectivity index (χ4n) is 2.23. The molecule has 0 bridgehead atoms. The normalized spacial score (nSPS) is 10.5. The number of rotatable bonds is 4. The monoisotopic (exact) mass is 326 g/mol. The van der Waals surface area contributed by atoms with Gasteiger partial charge in [0.2, 0.25) is 0 Å². The Balaban J connectivity index is 1.97. The third-order valence-electron chi connectivity index (χ3n) is 3.45. The first-order valence-corrected chi connectivity index (χ1v) is 7.04. The number of carbonyl (C=O) groups is 1. The molecule has 24 heavy (non-hydrogen) atoms. The minimum atomic E-state index is -1.02. The van der Waals surface area contributed by atoms with Crippen molar-refractivity contribution in [1.82, 2.24) is 10.2 Å². The second-order valence-corrected chi connectivity index (χ2v) is 5.16. The van der Waals surface area contributed by atoms with Crippen LogP contribution < -0.4 is 4.74 Å². The van der Waals surface area contributed by atoms with Crippen LogP contribution in [0.4, 0.5) is 0 Å². The van der Waals surface area contributed by atoms with Gasteiger partial charge in [0.15, 0.2) is 5.75 Å². The maximum Gasteiger partial charge on any atom is 0.335 e. The Morgan fingerprint density at radius 2 is 1.83 bits per heavy atom. The van der Waals surface area contributed by atoms with Crippen molar-refractivity contribution in [1.29, 1.82) is 0 Å². The van der Waals surface area contributed by atoms with Gasteiger partial charge in [-0.3, -0.25) is 5.10 Å². The smallest absolute Gasteiger partial charge is 0.335 e. The van der Waals surface area contributed by atoms with Crippen LogP contribution in [0.1, 0.15) is 16.1 Å². The molecule has 1 aromatic heterocycles. The highest BCUT2D eigenvalue weighted by molar-refractivity contribution is 5.87. The molecule has 0 aliphatic heterocycles. The van der Waals surface area contributed by atoms with Gasteiger partial charge in [-0.1, -0.05) is 0 Å². The van der Waals surface area contributed by atoms with E-state index in [4.69, 9.17) is 9.84 Å². The first-order valence-electron chi connectivity index (χ1n) is 7.04. The molecule has 0 aliphatic rings. The van der Waals surface area contributed by atoms with E-state index < -0.39 is 5.97 Å². The highest BCUT2D eigenvalue weighted by Crippen LogP contribution is 2.39. The van der Waals surface area contributed by atoms with Gasteiger partial charge in [-0.15, -0.1) is 0 Å². The van der Waals surface area contributed by atoms with Crippen LogP contribution in [0, 0.1) is 6.92 Å². The van der Waals surface area contributed by atoms with Crippen molar-refractivity contribution in [2.24, 2.45) is 0 Å². The molecule has 0 aliphatic carbocycles. The number of benzene rings is 2. The summed E-state index contributed by atoms with van der Waals surface area (Å²) in [6, 6.07) is 10.1. The van der Waals surface area contributed by atoms with Crippen LogP contribution in [-0.2, 0) is 0 Å². The van der Waals surface area contributed by atoms with E-state index in [0.29, 0.717) is 28.5 Å². The molecule has 0 spiro atoms. The molecule has 0 atom stereocenters. The van der Waals surface area contributed by atoms with Crippen molar-refractivity contribution in [3.63, 3.8) is 0 Å². The van der Waals surface area contributed by atoms with Crippen molar-refractivity contribution in [3.05, 3.63) is 53.7 Å². The zero-order valence-electron chi connectivity index (χ0n) is 12.6. The molecule has 0 amide bonds. The Hall–Kier alpha value is -3.48. The quantitative estimate of drug-likeness (QED) is 0.585. The lowest BCUT2D eigenvalue weighted by Gasteiger charge is -2.09. The zero-order chi connectivity index (χ0) is 17.3. The number of aromatic hydroxyl groups is 2. The Kier molecular flexibility index (Phi) is 3.83. The van der Waals surface area contributed by atoms with Crippen molar-refractivity contribution in [2.75, 3.05) is 0 Å². The molecule has 2 aromatic carbocycles. The van der Waals surface area contributed by atoms with Gasteiger partial charge in [0.25, 0.3) is 0 Å². The number of phenols is 2. The number of aromatic carboxylic acids is 1. The van der Waals surface area contributed by atoms with Crippen LogP contribution in [0.3, 0.4) is 0 Å². The highest BCUT2D eigenvalue weighted by atomic mass is 16.5. The zero-order valence-corrected chi connectivity index (χ0v) is 12.6. The van der Waals surface area contributed by atoms with Gasteiger partial charge >= 0.3 is 5.97 Å². The van der Waals surface area contributed by atoms with Crippen molar-refractivity contribution >= 4 is 5.97 Å². The summed E-state index contributed by atoms with van der Waals surface area (Å²) in [4.78, 5) is 10.9. The number of nitrogens with one attached hydrogen (secondary N) is 1. The average molecular weight is 326 g/mol. The van der Waals surface area contributed by atoms with Crippen LogP contribution in [0.2, 0.25) is 0 Å². The second-order valence-electron chi connectivity index (χ2n) is 5.16. The Morgan fingerprint density at radius 3 is 2.46 bits per heavy atom. The second kappa shape index (κ2) is 5.96. The van der Waals surface area contributed by atoms with Crippen LogP contribution in [-0.4, -0.2) is 31.5 Å². The van der Waals surface area contributed by atoms with E-state index in [0.717, 1.165) is 0 Å². The number of carboxylic acids is 1. The first kappa shape index (κ1) is 15.4. The fraction of sp³-hybridized carbons (Fsp3) is 0.0588. The van der Waals surface area contributed by atoms with Gasteiger partial charge in [0, 0.05) is 11.6 Å². The van der Waals surface area contributed by atoms with Crippen LogP contribution >= 0.6 is 0 Å². The summed E-state index contributed by atoms with van der Waals surface area (Å²) < 4.78 is 5.79. The number of hydrogen-bond acceptors (Lipinski definition) is 5. The summed E-state index contributed by atoms with van der Waals surface area (Å²) in [7, 11) is 0. The number of aryl methyl sites for hydroxylation is 1. The number of H-pyrrole nitrogens is 1. The van der Waals surface area contributed by atoms with Gasteiger partial charge < -0.3 is 20.1 Å².